The molecule has 0 radical (unpaired) electrons. The zero-order valence-corrected chi connectivity index (χ0v) is 13.6. The summed E-state index contributed by atoms with van der Waals surface area (Å²) >= 11 is 0. The van der Waals surface area contributed by atoms with Crippen molar-refractivity contribution in [2.75, 3.05) is 13.1 Å². The molecular formula is C20H21F2NO. The molecule has 0 aliphatic carbocycles. The number of aryl methyl sites for hydroxylation is 1. The van der Waals surface area contributed by atoms with Crippen molar-refractivity contribution in [3.63, 3.8) is 0 Å². The van der Waals surface area contributed by atoms with Crippen molar-refractivity contribution in [2.24, 2.45) is 5.92 Å². The van der Waals surface area contributed by atoms with E-state index in [0.717, 1.165) is 37.8 Å². The van der Waals surface area contributed by atoms with Gasteiger partial charge in [-0.2, -0.15) is 0 Å². The van der Waals surface area contributed by atoms with Crippen LogP contribution in [0.3, 0.4) is 0 Å². The zero-order chi connectivity index (χ0) is 16.9. The second-order valence-electron chi connectivity index (χ2n) is 6.38. The van der Waals surface area contributed by atoms with E-state index < -0.39 is 11.6 Å². The highest BCUT2D eigenvalue weighted by atomic mass is 19.1. The molecular weight excluding hydrogens is 308 g/mol. The van der Waals surface area contributed by atoms with Gasteiger partial charge >= 0.3 is 0 Å². The van der Waals surface area contributed by atoms with E-state index in [0.29, 0.717) is 19.0 Å². The molecule has 0 spiro atoms. The molecule has 126 valence electrons. The standard InChI is InChI=1S/C20H21F2NO/c21-17-8-9-18(19(22)14-17)20(24)23-12-10-16(11-13-23)7-6-15-4-2-1-3-5-15/h1-5,8-9,14,16H,6-7,10-13H2. The summed E-state index contributed by atoms with van der Waals surface area (Å²) < 4.78 is 26.7. The Morgan fingerprint density at radius 2 is 1.75 bits per heavy atom. The van der Waals surface area contributed by atoms with Crippen LogP contribution in [0.4, 0.5) is 8.78 Å². The van der Waals surface area contributed by atoms with Crippen LogP contribution < -0.4 is 0 Å². The van der Waals surface area contributed by atoms with Gasteiger partial charge in [-0.1, -0.05) is 30.3 Å². The van der Waals surface area contributed by atoms with Crippen molar-refractivity contribution in [2.45, 2.75) is 25.7 Å². The number of amides is 1. The number of rotatable bonds is 4. The van der Waals surface area contributed by atoms with Gasteiger partial charge in [-0.15, -0.1) is 0 Å². The third kappa shape index (κ3) is 3.99. The van der Waals surface area contributed by atoms with Crippen LogP contribution in [-0.4, -0.2) is 23.9 Å². The van der Waals surface area contributed by atoms with Crippen LogP contribution in [0.5, 0.6) is 0 Å². The molecule has 2 aromatic carbocycles. The molecule has 1 saturated heterocycles. The Hall–Kier alpha value is -2.23. The van der Waals surface area contributed by atoms with E-state index in [4.69, 9.17) is 0 Å². The average molecular weight is 329 g/mol. The molecule has 0 saturated carbocycles. The smallest absolute Gasteiger partial charge is 0.256 e. The summed E-state index contributed by atoms with van der Waals surface area (Å²) in [7, 11) is 0. The summed E-state index contributed by atoms with van der Waals surface area (Å²) in [6, 6.07) is 13.5. The second kappa shape index (κ2) is 7.56. The van der Waals surface area contributed by atoms with Crippen LogP contribution >= 0.6 is 0 Å². The van der Waals surface area contributed by atoms with E-state index in [1.165, 1.54) is 11.6 Å². The normalized spacial score (nSPS) is 15.5. The Balaban J connectivity index is 1.52. The predicted molar refractivity (Wildman–Crippen MR) is 89.7 cm³/mol. The molecule has 24 heavy (non-hydrogen) atoms. The second-order valence-corrected chi connectivity index (χ2v) is 6.38. The Morgan fingerprint density at radius 1 is 1.04 bits per heavy atom. The van der Waals surface area contributed by atoms with E-state index in [2.05, 4.69) is 12.1 Å². The number of likely N-dealkylation sites (tertiary alicyclic amines) is 1. The molecule has 0 unspecified atom stereocenters. The van der Waals surface area contributed by atoms with Crippen LogP contribution in [0, 0.1) is 17.6 Å². The SMILES string of the molecule is O=C(c1ccc(F)cc1F)N1CCC(CCc2ccccc2)CC1. The quantitative estimate of drug-likeness (QED) is 0.811. The Labute approximate surface area is 141 Å². The van der Waals surface area contributed by atoms with Gasteiger partial charge in [0.15, 0.2) is 0 Å². The minimum atomic E-state index is -0.786. The lowest BCUT2D eigenvalue weighted by Crippen LogP contribution is -2.39. The maximum absolute atomic E-state index is 13.8. The molecule has 1 aliphatic rings. The van der Waals surface area contributed by atoms with Crippen molar-refractivity contribution in [1.82, 2.24) is 4.90 Å². The molecule has 2 nitrogen and oxygen atoms in total. The highest BCUT2D eigenvalue weighted by Gasteiger charge is 2.25. The molecule has 1 aliphatic heterocycles. The topological polar surface area (TPSA) is 20.3 Å². The van der Waals surface area contributed by atoms with Crippen molar-refractivity contribution in [3.05, 3.63) is 71.3 Å². The fourth-order valence-electron chi connectivity index (χ4n) is 3.27. The summed E-state index contributed by atoms with van der Waals surface area (Å²) in [6.07, 6.45) is 4.02. The lowest BCUT2D eigenvalue weighted by atomic mass is 9.90. The number of benzene rings is 2. The van der Waals surface area contributed by atoms with Crippen LogP contribution in [0.15, 0.2) is 48.5 Å². The average Bonchev–Trinajstić information content (AvgIpc) is 2.61. The summed E-state index contributed by atoms with van der Waals surface area (Å²) in [5, 5.41) is 0. The predicted octanol–water partition coefficient (Wildman–Crippen LogP) is 4.45. The first-order valence-corrected chi connectivity index (χ1v) is 8.42. The number of carbonyl (C=O) groups is 1. The Morgan fingerprint density at radius 3 is 2.42 bits per heavy atom. The molecule has 0 aromatic heterocycles. The first-order chi connectivity index (χ1) is 11.6. The molecule has 1 heterocycles. The lowest BCUT2D eigenvalue weighted by molar-refractivity contribution is 0.0682. The van der Waals surface area contributed by atoms with E-state index in [-0.39, 0.29) is 11.5 Å². The Kier molecular flexibility index (Phi) is 5.24. The maximum Gasteiger partial charge on any atom is 0.256 e. The Bertz CT molecular complexity index is 694. The van der Waals surface area contributed by atoms with Gasteiger partial charge in [0.25, 0.3) is 5.91 Å². The molecule has 3 rings (SSSR count). The number of halogens is 2. The minimum absolute atomic E-state index is 0.0425. The third-order valence-corrected chi connectivity index (χ3v) is 4.75. The van der Waals surface area contributed by atoms with Crippen LogP contribution in [0.25, 0.3) is 0 Å². The number of piperidine rings is 1. The van der Waals surface area contributed by atoms with E-state index >= 15 is 0 Å². The van der Waals surface area contributed by atoms with Crippen molar-refractivity contribution in [3.8, 4) is 0 Å². The van der Waals surface area contributed by atoms with Crippen molar-refractivity contribution in [1.29, 1.82) is 0 Å². The van der Waals surface area contributed by atoms with Gasteiger partial charge in [0, 0.05) is 19.2 Å². The van der Waals surface area contributed by atoms with Gasteiger partial charge in [0.1, 0.15) is 11.6 Å². The fourth-order valence-corrected chi connectivity index (χ4v) is 3.27. The van der Waals surface area contributed by atoms with Crippen molar-refractivity contribution >= 4 is 5.91 Å². The molecule has 4 heteroatoms. The highest BCUT2D eigenvalue weighted by molar-refractivity contribution is 5.94. The summed E-state index contributed by atoms with van der Waals surface area (Å²) in [5.74, 6) is -1.20. The number of carbonyl (C=O) groups excluding carboxylic acids is 1. The first-order valence-electron chi connectivity index (χ1n) is 8.42. The van der Waals surface area contributed by atoms with Gasteiger partial charge in [-0.3, -0.25) is 4.79 Å². The molecule has 0 bridgehead atoms. The number of hydrogen-bond donors (Lipinski definition) is 0. The van der Waals surface area contributed by atoms with Gasteiger partial charge in [0.2, 0.25) is 0 Å². The third-order valence-electron chi connectivity index (χ3n) is 4.75. The van der Waals surface area contributed by atoms with Crippen LogP contribution in [-0.2, 0) is 6.42 Å². The summed E-state index contributed by atoms with van der Waals surface area (Å²) in [5.41, 5.74) is 1.29. The van der Waals surface area contributed by atoms with E-state index in [9.17, 15) is 13.6 Å². The molecule has 2 aromatic rings. The van der Waals surface area contributed by atoms with Gasteiger partial charge in [0.05, 0.1) is 5.56 Å². The monoisotopic (exact) mass is 329 g/mol. The first kappa shape index (κ1) is 16.6. The maximum atomic E-state index is 13.8. The summed E-state index contributed by atoms with van der Waals surface area (Å²) in [4.78, 5) is 14.1. The minimum Gasteiger partial charge on any atom is -0.339 e. The van der Waals surface area contributed by atoms with E-state index in [1.54, 1.807) is 4.90 Å². The number of hydrogen-bond acceptors (Lipinski definition) is 1. The number of nitrogens with zero attached hydrogens (tertiary/aromatic N) is 1. The van der Waals surface area contributed by atoms with Gasteiger partial charge in [-0.25, -0.2) is 8.78 Å². The molecule has 0 N–H and O–H groups in total. The van der Waals surface area contributed by atoms with Crippen LogP contribution in [0.1, 0.15) is 35.2 Å². The van der Waals surface area contributed by atoms with Gasteiger partial charge in [-0.05, 0) is 49.3 Å². The van der Waals surface area contributed by atoms with E-state index in [1.807, 2.05) is 18.2 Å². The van der Waals surface area contributed by atoms with Crippen molar-refractivity contribution < 1.29 is 13.6 Å². The molecule has 1 amide bonds. The fraction of sp³-hybridized carbons (Fsp3) is 0.350. The molecule has 0 atom stereocenters. The van der Waals surface area contributed by atoms with Gasteiger partial charge < -0.3 is 4.90 Å². The van der Waals surface area contributed by atoms with Crippen LogP contribution in [0.2, 0.25) is 0 Å². The highest BCUT2D eigenvalue weighted by Crippen LogP contribution is 2.24. The zero-order valence-electron chi connectivity index (χ0n) is 13.6. The summed E-state index contributed by atoms with van der Waals surface area (Å²) in [6.45, 7) is 1.27. The largest absolute Gasteiger partial charge is 0.339 e. The molecule has 1 fully saturated rings. The lowest BCUT2D eigenvalue weighted by Gasteiger charge is -2.32.